The molecule has 0 fully saturated rings. The van der Waals surface area contributed by atoms with Gasteiger partial charge in [-0.3, -0.25) is 4.79 Å². The number of H-pyrrole nitrogens is 1. The fraction of sp³-hybridized carbons (Fsp3) is 0.0833. The molecule has 18 heavy (non-hydrogen) atoms. The second-order valence-corrected chi connectivity index (χ2v) is 3.65. The smallest absolute Gasteiger partial charge is 0.272 e. The minimum atomic E-state index is -0.436. The lowest BCUT2D eigenvalue weighted by Crippen LogP contribution is -2.13. The number of nitrogens with one attached hydrogen (secondary N) is 2. The van der Waals surface area contributed by atoms with Gasteiger partial charge in [-0.25, -0.2) is 4.39 Å². The van der Waals surface area contributed by atoms with Crippen LogP contribution in [-0.4, -0.2) is 18.0 Å². The quantitative estimate of drug-likeness (QED) is 0.778. The van der Waals surface area contributed by atoms with E-state index in [-0.39, 0.29) is 11.7 Å². The molecule has 1 heterocycles. The molecule has 0 atom stereocenters. The van der Waals surface area contributed by atoms with Crippen molar-refractivity contribution in [1.82, 2.24) is 4.98 Å². The van der Waals surface area contributed by atoms with Crippen LogP contribution < -0.4 is 15.8 Å². The van der Waals surface area contributed by atoms with E-state index in [1.807, 2.05) is 0 Å². The van der Waals surface area contributed by atoms with Gasteiger partial charge in [-0.2, -0.15) is 0 Å². The van der Waals surface area contributed by atoms with Crippen LogP contribution in [0.25, 0.3) is 0 Å². The SMILES string of the molecule is COc1cc(F)ccc1NC(=O)c1cc(N)c[nH]1. The van der Waals surface area contributed by atoms with E-state index in [9.17, 15) is 9.18 Å². The van der Waals surface area contributed by atoms with E-state index in [0.717, 1.165) is 0 Å². The van der Waals surface area contributed by atoms with Crippen molar-refractivity contribution >= 4 is 17.3 Å². The number of carbonyl (C=O) groups excluding carboxylic acids is 1. The standard InChI is InChI=1S/C12H12FN3O2/c1-18-11-4-7(13)2-3-9(11)16-12(17)10-5-8(14)6-15-10/h2-6,15H,14H2,1H3,(H,16,17). The molecule has 1 aromatic carbocycles. The molecule has 2 aromatic rings. The summed E-state index contributed by atoms with van der Waals surface area (Å²) >= 11 is 0. The zero-order valence-electron chi connectivity index (χ0n) is 9.66. The average molecular weight is 249 g/mol. The highest BCUT2D eigenvalue weighted by molar-refractivity contribution is 6.04. The van der Waals surface area contributed by atoms with E-state index >= 15 is 0 Å². The first-order valence-corrected chi connectivity index (χ1v) is 5.19. The number of carbonyl (C=O) groups is 1. The third kappa shape index (κ3) is 2.42. The molecular formula is C12H12FN3O2. The maximum Gasteiger partial charge on any atom is 0.272 e. The molecule has 1 aromatic heterocycles. The summed E-state index contributed by atoms with van der Waals surface area (Å²) in [4.78, 5) is 14.6. The van der Waals surface area contributed by atoms with E-state index in [1.54, 1.807) is 0 Å². The van der Waals surface area contributed by atoms with E-state index in [2.05, 4.69) is 10.3 Å². The van der Waals surface area contributed by atoms with Gasteiger partial charge in [-0.1, -0.05) is 0 Å². The maximum absolute atomic E-state index is 13.0. The molecule has 0 aliphatic rings. The Kier molecular flexibility index (Phi) is 3.18. The average Bonchev–Trinajstić information content (AvgIpc) is 2.78. The molecule has 0 saturated carbocycles. The normalized spacial score (nSPS) is 10.1. The van der Waals surface area contributed by atoms with Crippen LogP contribution in [-0.2, 0) is 0 Å². The van der Waals surface area contributed by atoms with Gasteiger partial charge < -0.3 is 20.8 Å². The second kappa shape index (κ2) is 4.79. The van der Waals surface area contributed by atoms with Crippen LogP contribution in [0.1, 0.15) is 10.5 Å². The van der Waals surface area contributed by atoms with Crippen molar-refractivity contribution < 1.29 is 13.9 Å². The number of aromatic amines is 1. The number of nitrogens with two attached hydrogens (primary N) is 1. The van der Waals surface area contributed by atoms with Crippen LogP contribution in [0.3, 0.4) is 0 Å². The highest BCUT2D eigenvalue weighted by atomic mass is 19.1. The monoisotopic (exact) mass is 249 g/mol. The predicted octanol–water partition coefficient (Wildman–Crippen LogP) is 2.00. The molecule has 0 radical (unpaired) electrons. The number of rotatable bonds is 3. The Morgan fingerprint density at radius 2 is 2.22 bits per heavy atom. The number of amides is 1. The summed E-state index contributed by atoms with van der Waals surface area (Å²) in [5.41, 5.74) is 6.67. The van der Waals surface area contributed by atoms with Crippen molar-refractivity contribution in [2.24, 2.45) is 0 Å². The van der Waals surface area contributed by atoms with Gasteiger partial charge in [0.25, 0.3) is 5.91 Å². The first-order chi connectivity index (χ1) is 8.60. The fourth-order valence-electron chi connectivity index (χ4n) is 1.50. The predicted molar refractivity (Wildman–Crippen MR) is 66.1 cm³/mol. The number of ether oxygens (including phenoxy) is 1. The number of aromatic nitrogens is 1. The highest BCUT2D eigenvalue weighted by Crippen LogP contribution is 2.25. The van der Waals surface area contributed by atoms with Crippen LogP contribution in [0.2, 0.25) is 0 Å². The molecule has 0 unspecified atom stereocenters. The van der Waals surface area contributed by atoms with Crippen LogP contribution in [0, 0.1) is 5.82 Å². The number of benzene rings is 1. The number of hydrogen-bond donors (Lipinski definition) is 3. The summed E-state index contributed by atoms with van der Waals surface area (Å²) < 4.78 is 18.0. The summed E-state index contributed by atoms with van der Waals surface area (Å²) in [6.07, 6.45) is 1.51. The topological polar surface area (TPSA) is 80.1 Å². The van der Waals surface area contributed by atoms with Crippen LogP contribution in [0.15, 0.2) is 30.5 Å². The Bertz CT molecular complexity index is 580. The summed E-state index contributed by atoms with van der Waals surface area (Å²) in [6.45, 7) is 0. The molecule has 4 N–H and O–H groups in total. The number of anilines is 2. The molecule has 6 heteroatoms. The first kappa shape index (κ1) is 12.0. The van der Waals surface area contributed by atoms with Crippen molar-refractivity contribution in [3.63, 3.8) is 0 Å². The molecule has 0 saturated heterocycles. The van der Waals surface area contributed by atoms with Gasteiger partial charge >= 0.3 is 0 Å². The van der Waals surface area contributed by atoms with Crippen molar-refractivity contribution in [1.29, 1.82) is 0 Å². The molecular weight excluding hydrogens is 237 g/mol. The Morgan fingerprint density at radius 3 is 2.83 bits per heavy atom. The van der Waals surface area contributed by atoms with Gasteiger partial charge in [0.2, 0.25) is 0 Å². The second-order valence-electron chi connectivity index (χ2n) is 3.65. The van der Waals surface area contributed by atoms with Gasteiger partial charge in [0.05, 0.1) is 12.8 Å². The summed E-state index contributed by atoms with van der Waals surface area (Å²) in [7, 11) is 1.40. The van der Waals surface area contributed by atoms with Crippen molar-refractivity contribution in [2.75, 3.05) is 18.2 Å². The summed E-state index contributed by atoms with van der Waals surface area (Å²) in [6, 6.07) is 5.36. The molecule has 5 nitrogen and oxygen atoms in total. The van der Waals surface area contributed by atoms with E-state index in [4.69, 9.17) is 10.5 Å². The Labute approximate surface area is 103 Å². The van der Waals surface area contributed by atoms with Gasteiger partial charge in [0.15, 0.2) is 0 Å². The van der Waals surface area contributed by atoms with Gasteiger partial charge in [0, 0.05) is 18.0 Å². The van der Waals surface area contributed by atoms with E-state index < -0.39 is 5.82 Å². The minimum absolute atomic E-state index is 0.253. The zero-order chi connectivity index (χ0) is 13.1. The molecule has 1 amide bonds. The van der Waals surface area contributed by atoms with Crippen molar-refractivity contribution in [3.8, 4) is 5.75 Å². The number of halogens is 1. The fourth-order valence-corrected chi connectivity index (χ4v) is 1.50. The molecule has 0 aliphatic carbocycles. The Balaban J connectivity index is 2.21. The van der Waals surface area contributed by atoms with Gasteiger partial charge in [-0.15, -0.1) is 0 Å². The van der Waals surface area contributed by atoms with Crippen molar-refractivity contribution in [2.45, 2.75) is 0 Å². The minimum Gasteiger partial charge on any atom is -0.494 e. The third-order valence-corrected chi connectivity index (χ3v) is 2.36. The Hall–Kier alpha value is -2.50. The van der Waals surface area contributed by atoms with Gasteiger partial charge in [0.1, 0.15) is 17.3 Å². The Morgan fingerprint density at radius 1 is 1.44 bits per heavy atom. The zero-order valence-corrected chi connectivity index (χ0v) is 9.66. The molecule has 0 aliphatic heterocycles. The molecule has 0 bridgehead atoms. The highest BCUT2D eigenvalue weighted by Gasteiger charge is 2.11. The number of methoxy groups -OCH3 is 1. The molecule has 94 valence electrons. The third-order valence-electron chi connectivity index (χ3n) is 2.36. The lowest BCUT2D eigenvalue weighted by Gasteiger charge is -2.09. The molecule has 0 spiro atoms. The number of nitrogen functional groups attached to an aromatic ring is 1. The lowest BCUT2D eigenvalue weighted by atomic mass is 10.2. The van der Waals surface area contributed by atoms with Crippen LogP contribution >= 0.6 is 0 Å². The maximum atomic E-state index is 13.0. The largest absolute Gasteiger partial charge is 0.494 e. The summed E-state index contributed by atoms with van der Waals surface area (Å²) in [5.74, 6) is -0.562. The molecule has 2 rings (SSSR count). The van der Waals surface area contributed by atoms with Crippen LogP contribution in [0.4, 0.5) is 15.8 Å². The number of hydrogen-bond acceptors (Lipinski definition) is 3. The van der Waals surface area contributed by atoms with Crippen molar-refractivity contribution in [3.05, 3.63) is 42.0 Å². The van der Waals surface area contributed by atoms with Crippen LogP contribution in [0.5, 0.6) is 5.75 Å². The van der Waals surface area contributed by atoms with E-state index in [1.165, 1.54) is 37.6 Å². The summed E-state index contributed by atoms with van der Waals surface area (Å²) in [5, 5.41) is 2.60. The first-order valence-electron chi connectivity index (χ1n) is 5.19. The lowest BCUT2D eigenvalue weighted by molar-refractivity contribution is 0.102. The van der Waals surface area contributed by atoms with E-state index in [0.29, 0.717) is 17.1 Å². The van der Waals surface area contributed by atoms with Gasteiger partial charge in [-0.05, 0) is 18.2 Å².